The third kappa shape index (κ3) is 4.95. The van der Waals surface area contributed by atoms with Gasteiger partial charge < -0.3 is 9.72 Å². The molecule has 176 valence electrons. The molecule has 3 aromatic rings. The van der Waals surface area contributed by atoms with Crippen molar-refractivity contribution in [1.29, 1.82) is 0 Å². The van der Waals surface area contributed by atoms with Crippen molar-refractivity contribution in [2.24, 2.45) is 0 Å². The van der Waals surface area contributed by atoms with Gasteiger partial charge in [-0.3, -0.25) is 9.69 Å². The first-order valence-corrected chi connectivity index (χ1v) is 12.5. The summed E-state index contributed by atoms with van der Waals surface area (Å²) >= 11 is 0. The molecule has 33 heavy (non-hydrogen) atoms. The van der Waals surface area contributed by atoms with Crippen molar-refractivity contribution in [3.05, 3.63) is 46.0 Å². The van der Waals surface area contributed by atoms with Gasteiger partial charge in [-0.25, -0.2) is 4.68 Å². The fourth-order valence-corrected chi connectivity index (χ4v) is 5.51. The number of hydrogen-bond donors (Lipinski definition) is 1. The summed E-state index contributed by atoms with van der Waals surface area (Å²) in [6.07, 6.45) is 10.9. The predicted octanol–water partition coefficient (Wildman–Crippen LogP) is 4.36. The summed E-state index contributed by atoms with van der Waals surface area (Å²) in [4.78, 5) is 18.5. The molecule has 0 aliphatic heterocycles. The van der Waals surface area contributed by atoms with Crippen LogP contribution in [0.5, 0.6) is 5.75 Å². The lowest BCUT2D eigenvalue weighted by molar-refractivity contribution is 0.132. The Morgan fingerprint density at radius 3 is 2.64 bits per heavy atom. The van der Waals surface area contributed by atoms with Crippen LogP contribution in [0.15, 0.2) is 29.1 Å². The fraction of sp³-hybridized carbons (Fsp3) is 0.600. The predicted molar refractivity (Wildman–Crippen MR) is 127 cm³/mol. The van der Waals surface area contributed by atoms with Crippen LogP contribution in [0.25, 0.3) is 10.9 Å². The summed E-state index contributed by atoms with van der Waals surface area (Å²) in [5.41, 5.74) is 1.59. The summed E-state index contributed by atoms with van der Waals surface area (Å²) in [7, 11) is 0. The molecular formula is C25H34N6O2. The molecule has 0 atom stereocenters. The second-order valence-corrected chi connectivity index (χ2v) is 9.48. The molecule has 0 unspecified atom stereocenters. The molecule has 2 aliphatic carbocycles. The van der Waals surface area contributed by atoms with E-state index in [0.29, 0.717) is 31.8 Å². The first-order chi connectivity index (χ1) is 16.2. The summed E-state index contributed by atoms with van der Waals surface area (Å²) in [5, 5.41) is 13.7. The maximum Gasteiger partial charge on any atom is 0.252 e. The van der Waals surface area contributed by atoms with E-state index in [9.17, 15) is 4.79 Å². The fourth-order valence-electron chi connectivity index (χ4n) is 5.51. The lowest BCUT2D eigenvalue weighted by Gasteiger charge is -2.34. The van der Waals surface area contributed by atoms with Gasteiger partial charge in [-0.15, -0.1) is 5.10 Å². The molecule has 8 heteroatoms. The summed E-state index contributed by atoms with van der Waals surface area (Å²) in [5.74, 6) is 1.74. The molecule has 0 spiro atoms. The molecular weight excluding hydrogens is 416 g/mol. The van der Waals surface area contributed by atoms with Crippen LogP contribution < -0.4 is 10.3 Å². The number of fused-ring (bicyclic) bond motifs is 1. The number of hydrogen-bond acceptors (Lipinski definition) is 6. The van der Waals surface area contributed by atoms with Crippen LogP contribution >= 0.6 is 0 Å². The van der Waals surface area contributed by atoms with Gasteiger partial charge in [0.1, 0.15) is 5.75 Å². The van der Waals surface area contributed by atoms with Gasteiger partial charge >= 0.3 is 0 Å². The first-order valence-electron chi connectivity index (χ1n) is 12.5. The van der Waals surface area contributed by atoms with E-state index in [0.717, 1.165) is 53.7 Å². The zero-order valence-corrected chi connectivity index (χ0v) is 19.5. The van der Waals surface area contributed by atoms with Crippen molar-refractivity contribution in [2.45, 2.75) is 89.9 Å². The van der Waals surface area contributed by atoms with E-state index in [1.165, 1.54) is 32.1 Å². The first kappa shape index (κ1) is 22.1. The molecule has 0 bridgehead atoms. The summed E-state index contributed by atoms with van der Waals surface area (Å²) in [6.45, 7) is 3.85. The molecule has 8 nitrogen and oxygen atoms in total. The van der Waals surface area contributed by atoms with E-state index < -0.39 is 0 Å². The molecule has 0 amide bonds. The van der Waals surface area contributed by atoms with Crippen molar-refractivity contribution in [2.75, 3.05) is 6.61 Å². The van der Waals surface area contributed by atoms with E-state index in [1.807, 2.05) is 35.9 Å². The smallest absolute Gasteiger partial charge is 0.252 e. The Kier molecular flexibility index (Phi) is 6.71. The molecule has 0 saturated heterocycles. The van der Waals surface area contributed by atoms with E-state index in [-0.39, 0.29) is 5.56 Å². The van der Waals surface area contributed by atoms with Gasteiger partial charge in [-0.05, 0) is 67.3 Å². The largest absolute Gasteiger partial charge is 0.494 e. The average molecular weight is 451 g/mol. The third-order valence-corrected chi connectivity index (χ3v) is 7.24. The van der Waals surface area contributed by atoms with Crippen LogP contribution in [0, 0.1) is 0 Å². The Bertz CT molecular complexity index is 1130. The lowest BCUT2D eigenvalue weighted by atomic mass is 9.93. The Morgan fingerprint density at radius 1 is 1.06 bits per heavy atom. The number of benzene rings is 1. The number of ether oxygens (including phenoxy) is 1. The van der Waals surface area contributed by atoms with E-state index >= 15 is 0 Å². The van der Waals surface area contributed by atoms with Crippen LogP contribution in [-0.4, -0.2) is 42.7 Å². The van der Waals surface area contributed by atoms with Gasteiger partial charge in [-0.1, -0.05) is 32.1 Å². The van der Waals surface area contributed by atoms with Crippen LogP contribution in [0.4, 0.5) is 0 Å². The molecule has 2 fully saturated rings. The quantitative estimate of drug-likeness (QED) is 0.548. The number of aromatic nitrogens is 5. The highest BCUT2D eigenvalue weighted by atomic mass is 16.5. The molecule has 2 aliphatic rings. The Labute approximate surface area is 194 Å². The summed E-state index contributed by atoms with van der Waals surface area (Å²) < 4.78 is 7.71. The van der Waals surface area contributed by atoms with Crippen LogP contribution in [0.2, 0.25) is 0 Å². The minimum atomic E-state index is -0.0251. The van der Waals surface area contributed by atoms with Gasteiger partial charge in [-0.2, -0.15) is 0 Å². The zero-order chi connectivity index (χ0) is 22.6. The van der Waals surface area contributed by atoms with Crippen molar-refractivity contribution in [1.82, 2.24) is 30.1 Å². The number of aromatic amines is 1. The third-order valence-electron chi connectivity index (χ3n) is 7.24. The van der Waals surface area contributed by atoms with Crippen LogP contribution in [0.3, 0.4) is 0 Å². The normalized spacial score (nSPS) is 17.9. The standard InChI is InChI=1S/C25H34N6O2/c1-2-33-22-12-13-23-18(15-22)14-19(25(32)26-23)16-30(20-8-4-3-5-9-20)17-24-27-28-29-31(24)21-10-6-7-11-21/h12-15,20-21H,2-11,16-17H2,1H3,(H,26,32). The van der Waals surface area contributed by atoms with Crippen molar-refractivity contribution in [3.63, 3.8) is 0 Å². The van der Waals surface area contributed by atoms with E-state index in [2.05, 4.69) is 25.4 Å². The van der Waals surface area contributed by atoms with Crippen molar-refractivity contribution >= 4 is 10.9 Å². The second kappa shape index (κ2) is 10.0. The number of H-pyrrole nitrogens is 1. The topological polar surface area (TPSA) is 88.9 Å². The molecule has 1 aromatic carbocycles. The highest BCUT2D eigenvalue weighted by molar-refractivity contribution is 5.80. The minimum absolute atomic E-state index is 0.0251. The van der Waals surface area contributed by atoms with Crippen molar-refractivity contribution in [3.8, 4) is 5.75 Å². The molecule has 0 radical (unpaired) electrons. The SMILES string of the molecule is CCOc1ccc2[nH]c(=O)c(CN(Cc3nnnn3C3CCCC3)C3CCCCC3)cc2c1. The highest BCUT2D eigenvalue weighted by Gasteiger charge is 2.27. The number of pyridine rings is 1. The van der Waals surface area contributed by atoms with Crippen LogP contribution in [0.1, 0.15) is 82.1 Å². The number of nitrogens with one attached hydrogen (secondary N) is 1. The van der Waals surface area contributed by atoms with E-state index in [4.69, 9.17) is 4.74 Å². The monoisotopic (exact) mass is 450 g/mol. The lowest BCUT2D eigenvalue weighted by Crippen LogP contribution is -2.38. The molecule has 5 rings (SSSR count). The van der Waals surface area contributed by atoms with Gasteiger partial charge in [0.2, 0.25) is 0 Å². The average Bonchev–Trinajstić information content (AvgIpc) is 3.52. The van der Waals surface area contributed by atoms with Crippen molar-refractivity contribution < 1.29 is 4.74 Å². The number of nitrogens with zero attached hydrogens (tertiary/aromatic N) is 5. The van der Waals surface area contributed by atoms with Gasteiger partial charge in [0, 0.05) is 29.1 Å². The second-order valence-electron chi connectivity index (χ2n) is 9.48. The molecule has 2 saturated carbocycles. The van der Waals surface area contributed by atoms with Gasteiger partial charge in [0.15, 0.2) is 5.82 Å². The Balaban J connectivity index is 1.44. The molecule has 2 heterocycles. The number of rotatable bonds is 8. The number of tetrazole rings is 1. The maximum atomic E-state index is 13.0. The highest BCUT2D eigenvalue weighted by Crippen LogP contribution is 2.31. The van der Waals surface area contributed by atoms with Gasteiger partial charge in [0.25, 0.3) is 5.56 Å². The zero-order valence-electron chi connectivity index (χ0n) is 19.5. The molecule has 2 aromatic heterocycles. The van der Waals surface area contributed by atoms with Gasteiger partial charge in [0.05, 0.1) is 19.2 Å². The van der Waals surface area contributed by atoms with E-state index in [1.54, 1.807) is 0 Å². The summed E-state index contributed by atoms with van der Waals surface area (Å²) in [6, 6.07) is 8.69. The Hall–Kier alpha value is -2.74. The maximum absolute atomic E-state index is 13.0. The van der Waals surface area contributed by atoms with Crippen LogP contribution in [-0.2, 0) is 13.1 Å². The Morgan fingerprint density at radius 2 is 1.85 bits per heavy atom. The molecule has 1 N–H and O–H groups in total. The minimum Gasteiger partial charge on any atom is -0.494 e.